The Morgan fingerprint density at radius 2 is 1.95 bits per heavy atom. The number of amides is 1. The van der Waals surface area contributed by atoms with Crippen LogP contribution in [0.1, 0.15) is 15.9 Å². The van der Waals surface area contributed by atoms with Gasteiger partial charge in [0.2, 0.25) is 0 Å². The van der Waals surface area contributed by atoms with E-state index < -0.39 is 17.5 Å². The minimum Gasteiger partial charge on any atom is -0.337 e. The van der Waals surface area contributed by atoms with E-state index in [2.05, 4.69) is 15.9 Å². The van der Waals surface area contributed by atoms with Crippen LogP contribution in [0.4, 0.5) is 8.78 Å². The Morgan fingerprint density at radius 1 is 1.24 bits per heavy atom. The van der Waals surface area contributed by atoms with Gasteiger partial charge in [-0.05, 0) is 29.8 Å². The molecule has 2 nitrogen and oxygen atoms in total. The molecule has 1 amide bonds. The van der Waals surface area contributed by atoms with Gasteiger partial charge in [0.1, 0.15) is 11.6 Å². The number of halogens is 4. The predicted octanol–water partition coefficient (Wildman–Crippen LogP) is 4.65. The number of carbonyl (C=O) groups is 1. The Hall–Kier alpha value is -1.46. The fraction of sp³-hybridized carbons (Fsp3) is 0.133. The summed E-state index contributed by atoms with van der Waals surface area (Å²) in [5.74, 6) is -2.27. The SMILES string of the molecule is CN(Cc1cccc(Br)c1)C(=O)c1cc(F)c(Cl)cc1F. The molecule has 0 fully saturated rings. The van der Waals surface area contributed by atoms with Gasteiger partial charge in [-0.3, -0.25) is 4.79 Å². The van der Waals surface area contributed by atoms with Crippen molar-refractivity contribution in [2.45, 2.75) is 6.54 Å². The fourth-order valence-corrected chi connectivity index (χ4v) is 2.47. The first-order chi connectivity index (χ1) is 9.88. The van der Waals surface area contributed by atoms with Gasteiger partial charge in [0, 0.05) is 18.1 Å². The Balaban J connectivity index is 2.22. The highest BCUT2D eigenvalue weighted by molar-refractivity contribution is 9.10. The molecule has 2 aromatic rings. The summed E-state index contributed by atoms with van der Waals surface area (Å²) in [6, 6.07) is 9.00. The third-order valence-corrected chi connectivity index (χ3v) is 3.68. The number of rotatable bonds is 3. The molecular weight excluding hydrogens is 364 g/mol. The van der Waals surface area contributed by atoms with E-state index in [1.807, 2.05) is 24.3 Å². The summed E-state index contributed by atoms with van der Waals surface area (Å²) in [6.45, 7) is 0.280. The van der Waals surface area contributed by atoms with E-state index in [-0.39, 0.29) is 17.1 Å². The molecule has 0 aliphatic heterocycles. The van der Waals surface area contributed by atoms with E-state index in [0.29, 0.717) is 0 Å². The number of nitrogens with zero attached hydrogens (tertiary/aromatic N) is 1. The number of carbonyl (C=O) groups excluding carboxylic acids is 1. The first-order valence-electron chi connectivity index (χ1n) is 6.03. The molecule has 0 heterocycles. The maximum absolute atomic E-state index is 13.7. The second kappa shape index (κ2) is 6.54. The average Bonchev–Trinajstić information content (AvgIpc) is 2.42. The van der Waals surface area contributed by atoms with E-state index in [1.54, 1.807) is 0 Å². The lowest BCUT2D eigenvalue weighted by Crippen LogP contribution is -2.27. The lowest BCUT2D eigenvalue weighted by Gasteiger charge is -2.18. The van der Waals surface area contributed by atoms with Crippen LogP contribution in [0.25, 0.3) is 0 Å². The first-order valence-corrected chi connectivity index (χ1v) is 7.20. The molecule has 0 radical (unpaired) electrons. The van der Waals surface area contributed by atoms with Crippen LogP contribution < -0.4 is 0 Å². The summed E-state index contributed by atoms with van der Waals surface area (Å²) in [6.07, 6.45) is 0. The molecule has 110 valence electrons. The quantitative estimate of drug-likeness (QED) is 0.716. The maximum Gasteiger partial charge on any atom is 0.256 e. The zero-order valence-corrected chi connectivity index (χ0v) is 13.4. The van der Waals surface area contributed by atoms with Gasteiger partial charge in [-0.2, -0.15) is 0 Å². The van der Waals surface area contributed by atoms with Crippen LogP contribution in [0, 0.1) is 11.6 Å². The van der Waals surface area contributed by atoms with Crippen molar-refractivity contribution in [1.82, 2.24) is 4.90 Å². The van der Waals surface area contributed by atoms with Crippen molar-refractivity contribution in [3.63, 3.8) is 0 Å². The molecule has 0 saturated heterocycles. The third-order valence-electron chi connectivity index (χ3n) is 2.90. The summed E-state index contributed by atoms with van der Waals surface area (Å²) < 4.78 is 28.0. The number of benzene rings is 2. The van der Waals surface area contributed by atoms with E-state index in [9.17, 15) is 13.6 Å². The van der Waals surface area contributed by atoms with Crippen LogP contribution >= 0.6 is 27.5 Å². The second-order valence-electron chi connectivity index (χ2n) is 4.54. The molecule has 0 spiro atoms. The monoisotopic (exact) mass is 373 g/mol. The topological polar surface area (TPSA) is 20.3 Å². The predicted molar refractivity (Wildman–Crippen MR) is 81.3 cm³/mol. The van der Waals surface area contributed by atoms with Gasteiger partial charge in [0.15, 0.2) is 0 Å². The molecule has 0 aromatic heterocycles. The lowest BCUT2D eigenvalue weighted by atomic mass is 10.1. The highest BCUT2D eigenvalue weighted by Gasteiger charge is 2.19. The fourth-order valence-electron chi connectivity index (χ4n) is 1.87. The average molecular weight is 375 g/mol. The second-order valence-corrected chi connectivity index (χ2v) is 5.86. The first kappa shape index (κ1) is 15.9. The minimum atomic E-state index is -0.840. The summed E-state index contributed by atoms with van der Waals surface area (Å²) >= 11 is 8.81. The van der Waals surface area contributed by atoms with Crippen molar-refractivity contribution in [2.24, 2.45) is 0 Å². The lowest BCUT2D eigenvalue weighted by molar-refractivity contribution is 0.0780. The molecule has 0 aliphatic rings. The molecule has 0 N–H and O–H groups in total. The van der Waals surface area contributed by atoms with Crippen molar-refractivity contribution >= 4 is 33.4 Å². The van der Waals surface area contributed by atoms with Crippen LogP contribution in [-0.2, 0) is 6.54 Å². The smallest absolute Gasteiger partial charge is 0.256 e. The number of hydrogen-bond donors (Lipinski definition) is 0. The Morgan fingerprint density at radius 3 is 2.62 bits per heavy atom. The van der Waals surface area contributed by atoms with Crippen LogP contribution in [-0.4, -0.2) is 17.9 Å². The molecule has 0 aliphatic carbocycles. The summed E-state index contributed by atoms with van der Waals surface area (Å²) in [5, 5.41) is -0.348. The molecular formula is C15H11BrClF2NO. The van der Waals surface area contributed by atoms with E-state index in [4.69, 9.17) is 11.6 Å². The third kappa shape index (κ3) is 3.80. The summed E-state index contributed by atoms with van der Waals surface area (Å²) in [7, 11) is 1.52. The molecule has 0 unspecified atom stereocenters. The van der Waals surface area contributed by atoms with Gasteiger partial charge >= 0.3 is 0 Å². The molecule has 2 rings (SSSR count). The Labute approximate surface area is 134 Å². The molecule has 2 aromatic carbocycles. The highest BCUT2D eigenvalue weighted by atomic mass is 79.9. The highest BCUT2D eigenvalue weighted by Crippen LogP contribution is 2.21. The van der Waals surface area contributed by atoms with Crippen molar-refractivity contribution in [1.29, 1.82) is 0 Å². The molecule has 0 atom stereocenters. The molecule has 21 heavy (non-hydrogen) atoms. The number of hydrogen-bond acceptors (Lipinski definition) is 1. The van der Waals surface area contributed by atoms with Crippen LogP contribution in [0.3, 0.4) is 0 Å². The maximum atomic E-state index is 13.7. The van der Waals surface area contributed by atoms with Gasteiger partial charge in [-0.25, -0.2) is 8.78 Å². The van der Waals surface area contributed by atoms with Gasteiger partial charge in [-0.15, -0.1) is 0 Å². The van der Waals surface area contributed by atoms with Gasteiger partial charge in [0.05, 0.1) is 10.6 Å². The largest absolute Gasteiger partial charge is 0.337 e. The van der Waals surface area contributed by atoms with Crippen molar-refractivity contribution in [3.8, 4) is 0 Å². The van der Waals surface area contributed by atoms with Crippen molar-refractivity contribution < 1.29 is 13.6 Å². The minimum absolute atomic E-state index is 0.280. The Kier molecular flexibility index (Phi) is 4.96. The van der Waals surface area contributed by atoms with Crippen molar-refractivity contribution in [2.75, 3.05) is 7.05 Å². The van der Waals surface area contributed by atoms with E-state index in [0.717, 1.165) is 22.2 Å². The van der Waals surface area contributed by atoms with Crippen LogP contribution in [0.15, 0.2) is 40.9 Å². The molecule has 0 saturated carbocycles. The van der Waals surface area contributed by atoms with Crippen LogP contribution in [0.5, 0.6) is 0 Å². The Bertz CT molecular complexity index is 693. The van der Waals surface area contributed by atoms with Gasteiger partial charge in [-0.1, -0.05) is 39.7 Å². The zero-order chi connectivity index (χ0) is 15.6. The van der Waals surface area contributed by atoms with Gasteiger partial charge < -0.3 is 4.90 Å². The zero-order valence-electron chi connectivity index (χ0n) is 11.0. The standard InChI is InChI=1S/C15H11BrClF2NO/c1-20(8-9-3-2-4-10(16)5-9)15(21)11-6-14(19)12(17)7-13(11)18/h2-7H,8H2,1H3. The summed E-state index contributed by atoms with van der Waals surface area (Å²) in [4.78, 5) is 13.5. The van der Waals surface area contributed by atoms with Crippen molar-refractivity contribution in [3.05, 3.63) is 68.7 Å². The van der Waals surface area contributed by atoms with E-state index in [1.165, 1.54) is 11.9 Å². The normalized spacial score (nSPS) is 10.5. The van der Waals surface area contributed by atoms with Crippen LogP contribution in [0.2, 0.25) is 5.02 Å². The van der Waals surface area contributed by atoms with Gasteiger partial charge in [0.25, 0.3) is 5.91 Å². The molecule has 6 heteroatoms. The molecule has 0 bridgehead atoms. The van der Waals surface area contributed by atoms with E-state index >= 15 is 0 Å². The summed E-state index contributed by atoms with van der Waals surface area (Å²) in [5.41, 5.74) is 0.532.